The van der Waals surface area contributed by atoms with Gasteiger partial charge in [0.15, 0.2) is 0 Å². The van der Waals surface area contributed by atoms with Gasteiger partial charge in [0.2, 0.25) is 0 Å². The van der Waals surface area contributed by atoms with Gasteiger partial charge in [-0.1, -0.05) is 59.7 Å². The van der Waals surface area contributed by atoms with Crippen LogP contribution in [0.25, 0.3) is 17.2 Å². The molecule has 0 atom stereocenters. The number of hydrogen-bond acceptors (Lipinski definition) is 0. The minimum atomic E-state index is -0.981. The van der Waals surface area contributed by atoms with E-state index in [2.05, 4.69) is 43.9 Å². The monoisotopic (exact) mass is 401 g/mol. The van der Waals surface area contributed by atoms with Crippen molar-refractivity contribution in [1.82, 2.24) is 0 Å². The van der Waals surface area contributed by atoms with Crippen LogP contribution in [-0.4, -0.2) is 27.7 Å². The summed E-state index contributed by atoms with van der Waals surface area (Å²) >= 11 is 0. The molecule has 0 spiro atoms. The van der Waals surface area contributed by atoms with Crippen molar-refractivity contribution in [3.63, 3.8) is 0 Å². The van der Waals surface area contributed by atoms with Crippen molar-refractivity contribution in [3.05, 3.63) is 41.5 Å². The predicted molar refractivity (Wildman–Crippen MR) is 103 cm³/mol. The van der Waals surface area contributed by atoms with Crippen LogP contribution in [0.1, 0.15) is 40.0 Å². The summed E-state index contributed by atoms with van der Waals surface area (Å²) in [5.74, 6) is 0. The summed E-state index contributed by atoms with van der Waals surface area (Å²) in [6.45, 7) is 14.8. The van der Waals surface area contributed by atoms with Crippen molar-refractivity contribution in [2.45, 2.75) is 59.7 Å². The van der Waals surface area contributed by atoms with Crippen molar-refractivity contribution >= 4 is 13.3 Å². The zero-order valence-corrected chi connectivity index (χ0v) is 19.0. The van der Waals surface area contributed by atoms with Gasteiger partial charge in [-0.3, -0.25) is 0 Å². The van der Waals surface area contributed by atoms with Crippen LogP contribution in [0.4, 0.5) is 0 Å². The van der Waals surface area contributed by atoms with Crippen LogP contribution < -0.4 is 5.19 Å². The minimum absolute atomic E-state index is 0. The maximum absolute atomic E-state index is 6.45. The van der Waals surface area contributed by atoms with E-state index in [-0.39, 0.29) is 26.2 Å². The average molecular weight is 403 g/mol. The molecule has 0 aromatic heterocycles. The van der Waals surface area contributed by atoms with Gasteiger partial charge in [0.25, 0.3) is 0 Å². The molecule has 0 fully saturated rings. The second-order valence-electron chi connectivity index (χ2n) is 5.67. The molecule has 5 heteroatoms. The van der Waals surface area contributed by atoms with E-state index in [1.165, 1.54) is 0 Å². The van der Waals surface area contributed by atoms with Gasteiger partial charge in [0.1, 0.15) is 0 Å². The molecule has 0 saturated heterocycles. The molecule has 3 N–H and O–H groups in total. The standard InChI is InChI=1S/C8H13Si.3C3H8N.Zr/c1-9(2,3)8-6-4-5-7-8;3*1-2-3-4;/h4-7H,1-3H3;3*4H,2-3H2,1H3;/q4*-1;+4. The maximum Gasteiger partial charge on any atom is 4.00 e. The summed E-state index contributed by atoms with van der Waals surface area (Å²) < 4.78 is 0. The molecule has 0 unspecified atom stereocenters. The van der Waals surface area contributed by atoms with Crippen molar-refractivity contribution in [1.29, 1.82) is 0 Å². The summed E-state index contributed by atoms with van der Waals surface area (Å²) in [5, 5.41) is 1.56. The molecule has 0 bridgehead atoms. The van der Waals surface area contributed by atoms with Crippen LogP contribution in [-0.2, 0) is 26.2 Å². The van der Waals surface area contributed by atoms with E-state index in [0.29, 0.717) is 19.6 Å². The van der Waals surface area contributed by atoms with Crippen LogP contribution in [0.3, 0.4) is 0 Å². The normalized spacial score (nSPS) is 8.95. The van der Waals surface area contributed by atoms with Gasteiger partial charge in [-0.25, -0.2) is 12.1 Å². The Morgan fingerprint density at radius 2 is 0.955 bits per heavy atom. The quantitative estimate of drug-likeness (QED) is 0.419. The third-order valence-electron chi connectivity index (χ3n) is 2.28. The number of nitrogens with one attached hydrogen (secondary N) is 3. The molecule has 128 valence electrons. The second kappa shape index (κ2) is 23.6. The first kappa shape index (κ1) is 30.2. The Hall–Kier alpha value is 0.330. The Balaban J connectivity index is -0.000000107. The molecule has 3 nitrogen and oxygen atoms in total. The van der Waals surface area contributed by atoms with Gasteiger partial charge in [-0.2, -0.15) is 37.0 Å². The molecule has 0 amide bonds. The van der Waals surface area contributed by atoms with Crippen molar-refractivity contribution < 1.29 is 26.2 Å². The fourth-order valence-electron chi connectivity index (χ4n) is 0.874. The smallest absolute Gasteiger partial charge is 0.677 e. The Morgan fingerprint density at radius 3 is 1.05 bits per heavy atom. The first-order valence-electron chi connectivity index (χ1n) is 8.01. The van der Waals surface area contributed by atoms with E-state index < -0.39 is 8.07 Å². The Bertz CT molecular complexity index is 244. The topological polar surface area (TPSA) is 71.4 Å². The van der Waals surface area contributed by atoms with E-state index >= 15 is 0 Å². The molecule has 22 heavy (non-hydrogen) atoms. The largest absolute Gasteiger partial charge is 4.00 e. The zero-order valence-electron chi connectivity index (χ0n) is 15.6. The second-order valence-corrected chi connectivity index (χ2v) is 10.8. The van der Waals surface area contributed by atoms with Crippen LogP contribution in [0.2, 0.25) is 19.6 Å². The molecule has 0 aliphatic rings. The summed E-state index contributed by atoms with van der Waals surface area (Å²) in [4.78, 5) is 0. The van der Waals surface area contributed by atoms with Crippen LogP contribution in [0.15, 0.2) is 24.3 Å². The molecule has 1 rings (SSSR count). The fraction of sp³-hybridized carbons (Fsp3) is 0.706. The van der Waals surface area contributed by atoms with E-state index in [0.717, 1.165) is 19.3 Å². The third-order valence-corrected chi connectivity index (χ3v) is 4.34. The SMILES string of the molecule is CCC[NH-].CCC[NH-].CCC[NH-].C[Si](C)(C)[c-]1cccc1.[Zr+4]. The van der Waals surface area contributed by atoms with Crippen molar-refractivity contribution in [2.24, 2.45) is 0 Å². The minimum Gasteiger partial charge on any atom is -0.677 e. The Kier molecular flexibility index (Phi) is 32.4. The Morgan fingerprint density at radius 1 is 0.727 bits per heavy atom. The summed E-state index contributed by atoms with van der Waals surface area (Å²) in [7, 11) is -0.981. The molecule has 0 heterocycles. The number of rotatable bonds is 4. The van der Waals surface area contributed by atoms with Crippen LogP contribution in [0, 0.1) is 0 Å². The molecular formula is C17H37N3SiZr. The van der Waals surface area contributed by atoms with Gasteiger partial charge in [0, 0.05) is 8.07 Å². The van der Waals surface area contributed by atoms with Gasteiger partial charge in [0.05, 0.1) is 0 Å². The van der Waals surface area contributed by atoms with Crippen LogP contribution >= 0.6 is 0 Å². The zero-order chi connectivity index (χ0) is 17.1. The Labute approximate surface area is 159 Å². The summed E-state index contributed by atoms with van der Waals surface area (Å²) in [5.41, 5.74) is 19.4. The predicted octanol–water partition coefficient (Wildman–Crippen LogP) is 6.29. The first-order chi connectivity index (χ1) is 9.85. The molecule has 0 radical (unpaired) electrons. The van der Waals surface area contributed by atoms with Crippen LogP contribution in [0.5, 0.6) is 0 Å². The molecular weight excluding hydrogens is 366 g/mol. The van der Waals surface area contributed by atoms with Gasteiger partial charge in [-0.15, -0.1) is 0 Å². The van der Waals surface area contributed by atoms with E-state index in [1.54, 1.807) is 5.19 Å². The molecule has 0 aliphatic heterocycles. The van der Waals surface area contributed by atoms with Gasteiger partial charge >= 0.3 is 26.2 Å². The summed E-state index contributed by atoms with van der Waals surface area (Å²) in [6, 6.07) is 8.69. The van der Waals surface area contributed by atoms with E-state index in [1.807, 2.05) is 20.8 Å². The van der Waals surface area contributed by atoms with E-state index in [9.17, 15) is 0 Å². The average Bonchev–Trinajstić information content (AvgIpc) is 3.02. The first-order valence-corrected chi connectivity index (χ1v) is 11.5. The molecule has 1 aromatic rings. The van der Waals surface area contributed by atoms with Crippen molar-refractivity contribution in [2.75, 3.05) is 19.6 Å². The molecule has 1 aromatic carbocycles. The summed E-state index contributed by atoms with van der Waals surface area (Å²) in [6.07, 6.45) is 2.96. The third kappa shape index (κ3) is 28.5. The fourth-order valence-corrected chi connectivity index (χ4v) is 2.07. The molecule has 0 saturated carbocycles. The van der Waals surface area contributed by atoms with E-state index in [4.69, 9.17) is 17.2 Å². The van der Waals surface area contributed by atoms with Crippen molar-refractivity contribution in [3.8, 4) is 0 Å². The molecule has 0 aliphatic carbocycles. The van der Waals surface area contributed by atoms with Gasteiger partial charge < -0.3 is 17.2 Å². The maximum atomic E-state index is 6.45. The van der Waals surface area contributed by atoms with Gasteiger partial charge in [-0.05, 0) is 0 Å². The number of hydrogen-bond donors (Lipinski definition) is 0.